The number of anilines is 1. The molecule has 0 aliphatic heterocycles. The van der Waals surface area contributed by atoms with Crippen molar-refractivity contribution in [3.05, 3.63) is 59.2 Å². The van der Waals surface area contributed by atoms with Gasteiger partial charge in [-0.25, -0.2) is 8.42 Å². The molecule has 112 valence electrons. The Hall–Kier alpha value is -1.33. The number of halogens is 1. The summed E-state index contributed by atoms with van der Waals surface area (Å²) >= 11 is 3.35. The van der Waals surface area contributed by atoms with Crippen molar-refractivity contribution < 1.29 is 8.42 Å². The van der Waals surface area contributed by atoms with Gasteiger partial charge >= 0.3 is 0 Å². The van der Waals surface area contributed by atoms with Crippen LogP contribution in [0.15, 0.2) is 47.4 Å². The van der Waals surface area contributed by atoms with E-state index in [4.69, 9.17) is 0 Å². The van der Waals surface area contributed by atoms with Crippen LogP contribution in [-0.4, -0.2) is 15.5 Å². The zero-order chi connectivity index (χ0) is 15.6. The Bertz CT molecular complexity index is 739. The zero-order valence-corrected chi connectivity index (χ0v) is 14.7. The summed E-state index contributed by atoms with van der Waals surface area (Å²) in [5, 5.41) is 0.709. The fraction of sp³-hybridized carbons (Fsp3) is 0.250. The van der Waals surface area contributed by atoms with E-state index in [-0.39, 0.29) is 0 Å². The fourth-order valence-corrected chi connectivity index (χ4v) is 3.83. The fourth-order valence-electron chi connectivity index (χ4n) is 2.20. The van der Waals surface area contributed by atoms with Crippen molar-refractivity contribution in [3.8, 4) is 0 Å². The molecule has 0 fully saturated rings. The molecule has 21 heavy (non-hydrogen) atoms. The molecular formula is C16H18BrNO2S. The van der Waals surface area contributed by atoms with Crippen LogP contribution in [0.25, 0.3) is 0 Å². The van der Waals surface area contributed by atoms with E-state index in [1.54, 1.807) is 19.2 Å². The second-order valence-corrected chi connectivity index (χ2v) is 7.57. The molecule has 0 radical (unpaired) electrons. The Morgan fingerprint density at radius 1 is 1.05 bits per heavy atom. The average Bonchev–Trinajstić information content (AvgIpc) is 2.46. The first kappa shape index (κ1) is 16.0. The molecule has 0 N–H and O–H groups in total. The van der Waals surface area contributed by atoms with Crippen LogP contribution in [0.3, 0.4) is 0 Å². The predicted octanol–water partition coefficient (Wildman–Crippen LogP) is 4.02. The molecule has 2 rings (SSSR count). The van der Waals surface area contributed by atoms with E-state index in [9.17, 15) is 8.42 Å². The predicted molar refractivity (Wildman–Crippen MR) is 90.6 cm³/mol. The maximum atomic E-state index is 12.7. The SMILES string of the molecule is Cc1ccc(N(C)S(=O)(=O)c2ccc(CBr)cc2)c(C)c1. The van der Waals surface area contributed by atoms with Gasteiger partial charge in [0.05, 0.1) is 10.6 Å². The summed E-state index contributed by atoms with van der Waals surface area (Å²) < 4.78 is 26.7. The molecule has 0 atom stereocenters. The van der Waals surface area contributed by atoms with E-state index >= 15 is 0 Å². The molecule has 0 unspecified atom stereocenters. The summed E-state index contributed by atoms with van der Waals surface area (Å²) in [6.45, 7) is 3.91. The molecule has 0 saturated heterocycles. The lowest BCUT2D eigenvalue weighted by Gasteiger charge is -2.21. The third-order valence-corrected chi connectivity index (χ3v) is 5.86. The molecule has 5 heteroatoms. The highest BCUT2D eigenvalue weighted by molar-refractivity contribution is 9.08. The molecule has 0 aliphatic rings. The number of aryl methyl sites for hydroxylation is 2. The zero-order valence-electron chi connectivity index (χ0n) is 12.3. The third-order valence-electron chi connectivity index (χ3n) is 3.43. The van der Waals surface area contributed by atoms with Crippen LogP contribution in [0.5, 0.6) is 0 Å². The minimum Gasteiger partial charge on any atom is -0.269 e. The second-order valence-electron chi connectivity index (χ2n) is 5.04. The topological polar surface area (TPSA) is 37.4 Å². The van der Waals surface area contributed by atoms with E-state index < -0.39 is 10.0 Å². The Balaban J connectivity index is 2.42. The van der Waals surface area contributed by atoms with Gasteiger partial charge < -0.3 is 0 Å². The molecule has 2 aromatic carbocycles. The standard InChI is InChI=1S/C16H18BrNO2S/c1-12-4-9-16(13(2)10-12)18(3)21(19,20)15-7-5-14(11-17)6-8-15/h4-10H,11H2,1-3H3. The van der Waals surface area contributed by atoms with E-state index in [1.165, 1.54) is 4.31 Å². The lowest BCUT2D eigenvalue weighted by molar-refractivity contribution is 0.594. The van der Waals surface area contributed by atoms with Gasteiger partial charge in [0.25, 0.3) is 10.0 Å². The highest BCUT2D eigenvalue weighted by Crippen LogP contribution is 2.26. The smallest absolute Gasteiger partial charge is 0.264 e. The van der Waals surface area contributed by atoms with Crippen LogP contribution in [0.4, 0.5) is 5.69 Å². The molecule has 3 nitrogen and oxygen atoms in total. The summed E-state index contributed by atoms with van der Waals surface area (Å²) in [7, 11) is -1.95. The maximum absolute atomic E-state index is 12.7. The molecule has 0 amide bonds. The molecule has 0 saturated carbocycles. The van der Waals surface area contributed by atoms with Crippen molar-refractivity contribution in [3.63, 3.8) is 0 Å². The van der Waals surface area contributed by atoms with E-state index in [2.05, 4.69) is 15.9 Å². The van der Waals surface area contributed by atoms with Crippen LogP contribution in [0.2, 0.25) is 0 Å². The molecular weight excluding hydrogens is 350 g/mol. The second kappa shape index (κ2) is 6.20. The summed E-state index contributed by atoms with van der Waals surface area (Å²) in [6.07, 6.45) is 0. The van der Waals surface area contributed by atoms with Gasteiger partial charge in [0.1, 0.15) is 0 Å². The van der Waals surface area contributed by atoms with Crippen LogP contribution in [0, 0.1) is 13.8 Å². The van der Waals surface area contributed by atoms with Crippen LogP contribution < -0.4 is 4.31 Å². The summed E-state index contributed by atoms with van der Waals surface area (Å²) in [5.74, 6) is 0. The van der Waals surface area contributed by atoms with Gasteiger partial charge in [-0.2, -0.15) is 0 Å². The highest BCUT2D eigenvalue weighted by atomic mass is 79.9. The lowest BCUT2D eigenvalue weighted by atomic mass is 10.1. The van der Waals surface area contributed by atoms with Crippen molar-refractivity contribution in [1.82, 2.24) is 0 Å². The summed E-state index contributed by atoms with van der Waals surface area (Å²) in [6, 6.07) is 12.7. The quantitative estimate of drug-likeness (QED) is 0.765. The largest absolute Gasteiger partial charge is 0.269 e. The number of benzene rings is 2. The lowest BCUT2D eigenvalue weighted by Crippen LogP contribution is -2.27. The van der Waals surface area contributed by atoms with Gasteiger partial charge in [-0.05, 0) is 43.2 Å². The van der Waals surface area contributed by atoms with E-state index in [0.717, 1.165) is 16.7 Å². The summed E-state index contributed by atoms with van der Waals surface area (Å²) in [5.41, 5.74) is 3.80. The van der Waals surface area contributed by atoms with Crippen molar-refractivity contribution in [2.45, 2.75) is 24.1 Å². The number of nitrogens with zero attached hydrogens (tertiary/aromatic N) is 1. The first-order valence-electron chi connectivity index (χ1n) is 6.57. The van der Waals surface area contributed by atoms with Gasteiger partial charge in [-0.15, -0.1) is 0 Å². The summed E-state index contributed by atoms with van der Waals surface area (Å²) in [4.78, 5) is 0.301. The van der Waals surface area contributed by atoms with Crippen molar-refractivity contribution >= 4 is 31.6 Å². The van der Waals surface area contributed by atoms with Crippen LogP contribution in [0.1, 0.15) is 16.7 Å². The minimum absolute atomic E-state index is 0.301. The van der Waals surface area contributed by atoms with Gasteiger partial charge in [-0.1, -0.05) is 45.8 Å². The molecule has 0 spiro atoms. The van der Waals surface area contributed by atoms with Gasteiger partial charge in [0.15, 0.2) is 0 Å². The molecule has 0 bridgehead atoms. The Kier molecular flexibility index (Phi) is 4.74. The Labute approximate surface area is 134 Å². The first-order valence-corrected chi connectivity index (χ1v) is 9.13. The number of sulfonamides is 1. The number of hydrogen-bond acceptors (Lipinski definition) is 2. The van der Waals surface area contributed by atoms with Crippen LogP contribution in [-0.2, 0) is 15.4 Å². The monoisotopic (exact) mass is 367 g/mol. The first-order chi connectivity index (χ1) is 9.86. The number of rotatable bonds is 4. The van der Waals surface area contributed by atoms with Gasteiger partial charge in [0, 0.05) is 12.4 Å². The average molecular weight is 368 g/mol. The molecule has 0 heterocycles. The van der Waals surface area contributed by atoms with Crippen molar-refractivity contribution in [2.75, 3.05) is 11.4 Å². The number of alkyl halides is 1. The Morgan fingerprint density at radius 2 is 1.67 bits per heavy atom. The van der Waals surface area contributed by atoms with E-state index in [1.807, 2.05) is 44.2 Å². The molecule has 2 aromatic rings. The highest BCUT2D eigenvalue weighted by Gasteiger charge is 2.22. The molecule has 0 aliphatic carbocycles. The van der Waals surface area contributed by atoms with Crippen LogP contribution >= 0.6 is 15.9 Å². The van der Waals surface area contributed by atoms with Crippen molar-refractivity contribution in [1.29, 1.82) is 0 Å². The number of hydrogen-bond donors (Lipinski definition) is 0. The van der Waals surface area contributed by atoms with E-state index in [0.29, 0.717) is 15.9 Å². The normalized spacial score (nSPS) is 11.4. The minimum atomic E-state index is -3.53. The van der Waals surface area contributed by atoms with Crippen molar-refractivity contribution in [2.24, 2.45) is 0 Å². The maximum Gasteiger partial charge on any atom is 0.264 e. The molecule has 0 aromatic heterocycles. The van der Waals surface area contributed by atoms with Gasteiger partial charge in [-0.3, -0.25) is 4.31 Å². The van der Waals surface area contributed by atoms with Gasteiger partial charge in [0.2, 0.25) is 0 Å². The Morgan fingerprint density at radius 3 is 2.19 bits per heavy atom. The third kappa shape index (κ3) is 3.30.